The Balaban J connectivity index is 2.37. The molecule has 2 aromatic rings. The molecule has 0 aliphatic rings. The van der Waals surface area contributed by atoms with E-state index in [0.29, 0.717) is 5.56 Å². The highest BCUT2D eigenvalue weighted by atomic mass is 35.5. The van der Waals surface area contributed by atoms with E-state index in [0.717, 1.165) is 11.8 Å². The Kier molecular flexibility index (Phi) is 3.20. The largest absolute Gasteiger partial charge is 0.289 e. The fourth-order valence-electron chi connectivity index (χ4n) is 1.41. The molecule has 0 bridgehead atoms. The molecule has 0 spiro atoms. The number of benzene rings is 1. The minimum absolute atomic E-state index is 0.00332. The topological polar surface area (TPSA) is 30.0 Å². The SMILES string of the molecule is Cc1ccc(C(=O)c2ccc(Cl)c(F)c2)cn1. The van der Waals surface area contributed by atoms with Crippen LogP contribution in [-0.2, 0) is 0 Å². The zero-order valence-corrected chi connectivity index (χ0v) is 9.83. The van der Waals surface area contributed by atoms with Crippen LogP contribution in [0.4, 0.5) is 4.39 Å². The molecule has 1 heterocycles. The molecule has 4 heteroatoms. The van der Waals surface area contributed by atoms with Crippen LogP contribution >= 0.6 is 11.6 Å². The van der Waals surface area contributed by atoms with Gasteiger partial charge < -0.3 is 0 Å². The number of ketones is 1. The van der Waals surface area contributed by atoms with E-state index in [2.05, 4.69) is 4.98 Å². The van der Waals surface area contributed by atoms with E-state index in [1.165, 1.54) is 18.3 Å². The molecule has 0 aliphatic carbocycles. The Morgan fingerprint density at radius 3 is 2.53 bits per heavy atom. The van der Waals surface area contributed by atoms with Crippen molar-refractivity contribution >= 4 is 17.4 Å². The predicted molar refractivity (Wildman–Crippen MR) is 63.8 cm³/mol. The third kappa shape index (κ3) is 2.50. The van der Waals surface area contributed by atoms with Crippen LogP contribution in [0.25, 0.3) is 0 Å². The number of halogens is 2. The van der Waals surface area contributed by atoms with Gasteiger partial charge in [0.2, 0.25) is 0 Å². The monoisotopic (exact) mass is 249 g/mol. The molecule has 0 N–H and O–H groups in total. The number of aryl methyl sites for hydroxylation is 1. The van der Waals surface area contributed by atoms with Gasteiger partial charge in [0.15, 0.2) is 5.78 Å². The fraction of sp³-hybridized carbons (Fsp3) is 0.0769. The van der Waals surface area contributed by atoms with Gasteiger partial charge >= 0.3 is 0 Å². The molecule has 0 unspecified atom stereocenters. The van der Waals surface area contributed by atoms with Gasteiger partial charge in [0.05, 0.1) is 5.02 Å². The van der Waals surface area contributed by atoms with Crippen molar-refractivity contribution in [3.05, 3.63) is 64.2 Å². The van der Waals surface area contributed by atoms with Crippen molar-refractivity contribution in [3.8, 4) is 0 Å². The average Bonchev–Trinajstić information content (AvgIpc) is 2.33. The number of nitrogens with zero attached hydrogens (tertiary/aromatic N) is 1. The predicted octanol–water partition coefficient (Wildman–Crippen LogP) is 3.41. The highest BCUT2D eigenvalue weighted by Gasteiger charge is 2.11. The molecule has 86 valence electrons. The Hall–Kier alpha value is -1.74. The number of aromatic nitrogens is 1. The number of hydrogen-bond donors (Lipinski definition) is 0. The molecule has 1 aromatic carbocycles. The van der Waals surface area contributed by atoms with Crippen molar-refractivity contribution in [3.63, 3.8) is 0 Å². The van der Waals surface area contributed by atoms with Crippen LogP contribution in [-0.4, -0.2) is 10.8 Å². The first-order valence-corrected chi connectivity index (χ1v) is 5.38. The Labute approximate surface area is 103 Å². The lowest BCUT2D eigenvalue weighted by Gasteiger charge is -2.02. The van der Waals surface area contributed by atoms with E-state index in [1.807, 2.05) is 6.92 Å². The minimum Gasteiger partial charge on any atom is -0.289 e. The quantitative estimate of drug-likeness (QED) is 0.764. The summed E-state index contributed by atoms with van der Waals surface area (Å²) in [5.74, 6) is -0.870. The Bertz CT molecular complexity index is 566. The Morgan fingerprint density at radius 1 is 1.24 bits per heavy atom. The lowest BCUT2D eigenvalue weighted by Crippen LogP contribution is -2.02. The zero-order valence-electron chi connectivity index (χ0n) is 9.08. The van der Waals surface area contributed by atoms with Gasteiger partial charge in [-0.3, -0.25) is 9.78 Å². The van der Waals surface area contributed by atoms with Crippen LogP contribution < -0.4 is 0 Å². The number of carbonyl (C=O) groups excluding carboxylic acids is 1. The maximum atomic E-state index is 13.2. The average molecular weight is 250 g/mol. The second-order valence-corrected chi connectivity index (χ2v) is 4.05. The van der Waals surface area contributed by atoms with Crippen LogP contribution in [0.1, 0.15) is 21.6 Å². The van der Waals surface area contributed by atoms with E-state index in [-0.39, 0.29) is 16.4 Å². The summed E-state index contributed by atoms with van der Waals surface area (Å²) < 4.78 is 13.2. The van der Waals surface area contributed by atoms with E-state index < -0.39 is 5.82 Å². The van der Waals surface area contributed by atoms with Crippen molar-refractivity contribution in [2.45, 2.75) is 6.92 Å². The Morgan fingerprint density at radius 2 is 1.94 bits per heavy atom. The molecule has 17 heavy (non-hydrogen) atoms. The smallest absolute Gasteiger partial charge is 0.194 e. The summed E-state index contributed by atoms with van der Waals surface area (Å²) in [4.78, 5) is 16.0. The van der Waals surface area contributed by atoms with E-state index >= 15 is 0 Å². The molecule has 0 radical (unpaired) electrons. The van der Waals surface area contributed by atoms with Gasteiger partial charge in [-0.05, 0) is 37.3 Å². The summed E-state index contributed by atoms with van der Waals surface area (Å²) in [6.45, 7) is 1.83. The van der Waals surface area contributed by atoms with E-state index in [9.17, 15) is 9.18 Å². The highest BCUT2D eigenvalue weighted by molar-refractivity contribution is 6.30. The number of pyridine rings is 1. The molecule has 0 amide bonds. The molecular weight excluding hydrogens is 241 g/mol. The van der Waals surface area contributed by atoms with Crippen molar-refractivity contribution in [2.75, 3.05) is 0 Å². The molecule has 2 nitrogen and oxygen atoms in total. The van der Waals surface area contributed by atoms with Crippen molar-refractivity contribution in [2.24, 2.45) is 0 Å². The normalized spacial score (nSPS) is 10.3. The second-order valence-electron chi connectivity index (χ2n) is 3.65. The van der Waals surface area contributed by atoms with Crippen molar-refractivity contribution in [1.29, 1.82) is 0 Å². The van der Waals surface area contributed by atoms with Crippen LogP contribution in [0.2, 0.25) is 5.02 Å². The van der Waals surface area contributed by atoms with Gasteiger partial charge in [-0.2, -0.15) is 0 Å². The van der Waals surface area contributed by atoms with Crippen molar-refractivity contribution in [1.82, 2.24) is 4.98 Å². The molecule has 0 fully saturated rings. The molecule has 0 saturated carbocycles. The van der Waals surface area contributed by atoms with Crippen molar-refractivity contribution < 1.29 is 9.18 Å². The van der Waals surface area contributed by atoms with Crippen LogP contribution in [0.15, 0.2) is 36.5 Å². The van der Waals surface area contributed by atoms with E-state index in [4.69, 9.17) is 11.6 Å². The summed E-state index contributed by atoms with van der Waals surface area (Å²) >= 11 is 5.55. The zero-order chi connectivity index (χ0) is 12.4. The maximum Gasteiger partial charge on any atom is 0.194 e. The molecule has 1 aromatic heterocycles. The van der Waals surface area contributed by atoms with E-state index in [1.54, 1.807) is 12.1 Å². The van der Waals surface area contributed by atoms with Gasteiger partial charge in [0, 0.05) is 23.0 Å². The summed E-state index contributed by atoms with van der Waals surface area (Å²) in [5.41, 5.74) is 1.51. The number of hydrogen-bond acceptors (Lipinski definition) is 2. The van der Waals surface area contributed by atoms with Gasteiger partial charge in [-0.1, -0.05) is 11.6 Å². The van der Waals surface area contributed by atoms with Gasteiger partial charge in [-0.15, -0.1) is 0 Å². The maximum absolute atomic E-state index is 13.2. The minimum atomic E-state index is -0.599. The third-order valence-electron chi connectivity index (χ3n) is 2.36. The molecule has 0 atom stereocenters. The number of carbonyl (C=O) groups is 1. The molecule has 2 rings (SSSR count). The van der Waals surface area contributed by atoms with Crippen LogP contribution in [0.3, 0.4) is 0 Å². The third-order valence-corrected chi connectivity index (χ3v) is 2.66. The first kappa shape index (κ1) is 11.7. The standard InChI is InChI=1S/C13H9ClFNO/c1-8-2-3-10(7-16-8)13(17)9-4-5-11(14)12(15)6-9/h2-7H,1H3. The summed E-state index contributed by atoms with van der Waals surface area (Å²) in [6, 6.07) is 7.39. The van der Waals surface area contributed by atoms with Gasteiger partial charge in [0.1, 0.15) is 5.82 Å². The van der Waals surface area contributed by atoms with Crippen LogP contribution in [0, 0.1) is 12.7 Å². The molecule has 0 aliphatic heterocycles. The summed E-state index contributed by atoms with van der Waals surface area (Å²) in [7, 11) is 0. The fourth-order valence-corrected chi connectivity index (χ4v) is 1.52. The number of rotatable bonds is 2. The first-order chi connectivity index (χ1) is 8.08. The highest BCUT2D eigenvalue weighted by Crippen LogP contribution is 2.17. The van der Waals surface area contributed by atoms with Gasteiger partial charge in [-0.25, -0.2) is 4.39 Å². The molecular formula is C13H9ClFNO. The van der Waals surface area contributed by atoms with Crippen LogP contribution in [0.5, 0.6) is 0 Å². The first-order valence-electron chi connectivity index (χ1n) is 5.00. The summed E-state index contributed by atoms with van der Waals surface area (Å²) in [5, 5.41) is 0.00332. The second kappa shape index (κ2) is 4.63. The molecule has 0 saturated heterocycles. The lowest BCUT2D eigenvalue weighted by atomic mass is 10.0. The summed E-state index contributed by atoms with van der Waals surface area (Å²) in [6.07, 6.45) is 1.48. The van der Waals surface area contributed by atoms with Gasteiger partial charge in [0.25, 0.3) is 0 Å². The lowest BCUT2D eigenvalue weighted by molar-refractivity contribution is 0.103.